The first-order chi connectivity index (χ1) is 10.8. The summed E-state index contributed by atoms with van der Waals surface area (Å²) in [4.78, 5) is 15.7. The van der Waals surface area contributed by atoms with Crippen LogP contribution in [0.5, 0.6) is 5.75 Å². The second-order valence-electron chi connectivity index (χ2n) is 5.32. The molecule has 2 aromatic rings. The Labute approximate surface area is 134 Å². The normalized spacial score (nSPS) is 18.0. The van der Waals surface area contributed by atoms with Crippen LogP contribution in [0.3, 0.4) is 0 Å². The van der Waals surface area contributed by atoms with Crippen molar-refractivity contribution in [1.82, 2.24) is 4.90 Å². The minimum Gasteiger partial charge on any atom is -0.497 e. The van der Waals surface area contributed by atoms with E-state index in [-0.39, 0.29) is 11.9 Å². The molecule has 0 radical (unpaired) electrons. The zero-order valence-corrected chi connectivity index (χ0v) is 13.4. The van der Waals surface area contributed by atoms with Crippen molar-refractivity contribution in [3.8, 4) is 5.75 Å². The summed E-state index contributed by atoms with van der Waals surface area (Å²) in [5.74, 6) is 0.881. The highest BCUT2D eigenvalue weighted by atomic mass is 32.1. The van der Waals surface area contributed by atoms with Crippen molar-refractivity contribution in [2.75, 3.05) is 13.7 Å². The van der Waals surface area contributed by atoms with Crippen LogP contribution in [0.25, 0.3) is 6.08 Å². The number of amides is 1. The molecule has 1 aliphatic heterocycles. The molecule has 3 nitrogen and oxygen atoms in total. The van der Waals surface area contributed by atoms with Crippen molar-refractivity contribution in [2.24, 2.45) is 0 Å². The molecule has 4 heteroatoms. The molecule has 1 aliphatic rings. The molecule has 1 fully saturated rings. The van der Waals surface area contributed by atoms with Gasteiger partial charge in [-0.05, 0) is 48.1 Å². The molecule has 0 aliphatic carbocycles. The molecule has 1 amide bonds. The van der Waals surface area contributed by atoms with Crippen molar-refractivity contribution in [2.45, 2.75) is 18.9 Å². The topological polar surface area (TPSA) is 29.5 Å². The molecular weight excluding hydrogens is 294 g/mol. The Hall–Kier alpha value is -2.07. The van der Waals surface area contributed by atoms with E-state index in [1.165, 1.54) is 4.88 Å². The Morgan fingerprint density at radius 2 is 2.27 bits per heavy atom. The molecule has 0 spiro atoms. The fraction of sp³-hybridized carbons (Fsp3) is 0.278. The molecule has 0 N–H and O–H groups in total. The van der Waals surface area contributed by atoms with Crippen molar-refractivity contribution < 1.29 is 9.53 Å². The van der Waals surface area contributed by atoms with Crippen LogP contribution in [0.1, 0.15) is 29.3 Å². The zero-order chi connectivity index (χ0) is 15.4. The zero-order valence-electron chi connectivity index (χ0n) is 12.6. The van der Waals surface area contributed by atoms with Gasteiger partial charge in [-0.25, -0.2) is 0 Å². The second-order valence-corrected chi connectivity index (χ2v) is 6.29. The van der Waals surface area contributed by atoms with E-state index in [1.54, 1.807) is 24.5 Å². The van der Waals surface area contributed by atoms with Crippen molar-refractivity contribution in [1.29, 1.82) is 0 Å². The summed E-state index contributed by atoms with van der Waals surface area (Å²) in [5.41, 5.74) is 0.972. The van der Waals surface area contributed by atoms with Gasteiger partial charge in [0.1, 0.15) is 5.75 Å². The Morgan fingerprint density at radius 1 is 1.36 bits per heavy atom. The van der Waals surface area contributed by atoms with E-state index in [0.717, 1.165) is 30.7 Å². The fourth-order valence-electron chi connectivity index (χ4n) is 2.82. The second kappa shape index (κ2) is 6.79. The number of carbonyl (C=O) groups is 1. The minimum absolute atomic E-state index is 0.0821. The van der Waals surface area contributed by atoms with Crippen LogP contribution in [0.4, 0.5) is 0 Å². The molecular formula is C18H19NO2S. The van der Waals surface area contributed by atoms with Gasteiger partial charge in [0.2, 0.25) is 5.91 Å². The lowest BCUT2D eigenvalue weighted by molar-refractivity contribution is -0.126. The Morgan fingerprint density at radius 3 is 3.05 bits per heavy atom. The summed E-state index contributed by atoms with van der Waals surface area (Å²) in [6.07, 6.45) is 5.65. The first kappa shape index (κ1) is 14.9. The molecule has 1 saturated heterocycles. The minimum atomic E-state index is 0.0821. The number of benzene rings is 1. The van der Waals surface area contributed by atoms with E-state index < -0.39 is 0 Å². The Kier molecular flexibility index (Phi) is 4.59. The summed E-state index contributed by atoms with van der Waals surface area (Å²) >= 11 is 1.73. The number of methoxy groups -OCH3 is 1. The molecule has 3 rings (SSSR count). The van der Waals surface area contributed by atoms with Crippen LogP contribution < -0.4 is 4.74 Å². The molecule has 1 unspecified atom stereocenters. The maximum absolute atomic E-state index is 12.5. The molecule has 0 saturated carbocycles. The summed E-state index contributed by atoms with van der Waals surface area (Å²) < 4.78 is 5.20. The lowest BCUT2D eigenvalue weighted by Gasteiger charge is -2.22. The highest BCUT2D eigenvalue weighted by Crippen LogP contribution is 2.34. The molecule has 2 heterocycles. The average Bonchev–Trinajstić information content (AvgIpc) is 3.23. The first-order valence-corrected chi connectivity index (χ1v) is 8.32. The predicted molar refractivity (Wildman–Crippen MR) is 90.0 cm³/mol. The maximum atomic E-state index is 12.5. The van der Waals surface area contributed by atoms with E-state index >= 15 is 0 Å². The smallest absolute Gasteiger partial charge is 0.247 e. The summed E-state index contributed by atoms with van der Waals surface area (Å²) in [7, 11) is 1.64. The van der Waals surface area contributed by atoms with Gasteiger partial charge in [0, 0.05) is 17.5 Å². The van der Waals surface area contributed by atoms with Gasteiger partial charge in [0.25, 0.3) is 0 Å². The van der Waals surface area contributed by atoms with Crippen LogP contribution >= 0.6 is 11.3 Å². The van der Waals surface area contributed by atoms with Gasteiger partial charge < -0.3 is 9.64 Å². The van der Waals surface area contributed by atoms with Crippen LogP contribution in [-0.4, -0.2) is 24.5 Å². The van der Waals surface area contributed by atoms with E-state index in [1.807, 2.05) is 41.3 Å². The third-order valence-electron chi connectivity index (χ3n) is 3.92. The van der Waals surface area contributed by atoms with Crippen LogP contribution in [0.2, 0.25) is 0 Å². The van der Waals surface area contributed by atoms with Crippen LogP contribution in [0, 0.1) is 0 Å². The molecule has 114 valence electrons. The maximum Gasteiger partial charge on any atom is 0.247 e. The van der Waals surface area contributed by atoms with Gasteiger partial charge in [0.15, 0.2) is 0 Å². The van der Waals surface area contributed by atoms with Crippen molar-refractivity contribution in [3.05, 3.63) is 58.3 Å². The Bertz CT molecular complexity index is 663. The third-order valence-corrected chi connectivity index (χ3v) is 4.89. The quantitative estimate of drug-likeness (QED) is 0.794. The summed E-state index contributed by atoms with van der Waals surface area (Å²) in [6, 6.07) is 12.1. The standard InChI is InChI=1S/C18H19NO2S/c1-21-15-6-2-5-14(13-15)9-10-18(20)19-11-3-7-16(19)17-8-4-12-22-17/h2,4-6,8-10,12-13,16H,3,7,11H2,1H3/b10-9+. The monoisotopic (exact) mass is 313 g/mol. The fourth-order valence-corrected chi connectivity index (χ4v) is 3.69. The third kappa shape index (κ3) is 3.22. The van der Waals surface area contributed by atoms with Gasteiger partial charge in [-0.3, -0.25) is 4.79 Å². The molecule has 1 atom stereocenters. The van der Waals surface area contributed by atoms with E-state index in [2.05, 4.69) is 11.4 Å². The number of nitrogens with zero attached hydrogens (tertiary/aromatic N) is 1. The molecule has 1 aromatic heterocycles. The average molecular weight is 313 g/mol. The number of ether oxygens (including phenoxy) is 1. The first-order valence-electron chi connectivity index (χ1n) is 7.44. The van der Waals surface area contributed by atoms with E-state index in [9.17, 15) is 4.79 Å². The highest BCUT2D eigenvalue weighted by molar-refractivity contribution is 7.10. The number of hydrogen-bond acceptors (Lipinski definition) is 3. The summed E-state index contributed by atoms with van der Waals surface area (Å²) in [6.45, 7) is 0.837. The van der Waals surface area contributed by atoms with E-state index in [4.69, 9.17) is 4.74 Å². The van der Waals surface area contributed by atoms with E-state index in [0.29, 0.717) is 0 Å². The molecule has 22 heavy (non-hydrogen) atoms. The van der Waals surface area contributed by atoms with Gasteiger partial charge >= 0.3 is 0 Å². The summed E-state index contributed by atoms with van der Waals surface area (Å²) in [5, 5.41) is 2.07. The number of carbonyl (C=O) groups excluding carboxylic acids is 1. The van der Waals surface area contributed by atoms with Crippen LogP contribution in [0.15, 0.2) is 47.9 Å². The predicted octanol–water partition coefficient (Wildman–Crippen LogP) is 4.13. The van der Waals surface area contributed by atoms with Gasteiger partial charge in [-0.15, -0.1) is 11.3 Å². The lowest BCUT2D eigenvalue weighted by Crippen LogP contribution is -2.28. The van der Waals surface area contributed by atoms with Gasteiger partial charge in [-0.1, -0.05) is 18.2 Å². The van der Waals surface area contributed by atoms with Gasteiger partial charge in [0.05, 0.1) is 13.2 Å². The number of likely N-dealkylation sites (tertiary alicyclic amines) is 1. The SMILES string of the molecule is COc1cccc(/C=C/C(=O)N2CCCC2c2cccs2)c1. The lowest BCUT2D eigenvalue weighted by atomic mass is 10.1. The largest absolute Gasteiger partial charge is 0.497 e. The van der Waals surface area contributed by atoms with Crippen molar-refractivity contribution in [3.63, 3.8) is 0 Å². The highest BCUT2D eigenvalue weighted by Gasteiger charge is 2.29. The Balaban J connectivity index is 1.72. The molecule has 1 aromatic carbocycles. The number of thiophene rings is 1. The number of hydrogen-bond donors (Lipinski definition) is 0. The van der Waals surface area contributed by atoms with Gasteiger partial charge in [-0.2, -0.15) is 0 Å². The van der Waals surface area contributed by atoms with Crippen molar-refractivity contribution >= 4 is 23.3 Å². The van der Waals surface area contributed by atoms with Crippen LogP contribution in [-0.2, 0) is 4.79 Å². The molecule has 0 bridgehead atoms. The number of rotatable bonds is 4.